The van der Waals surface area contributed by atoms with Crippen LogP contribution in [0.3, 0.4) is 0 Å². The van der Waals surface area contributed by atoms with Crippen molar-refractivity contribution in [3.05, 3.63) is 89.0 Å². The Morgan fingerprint density at radius 1 is 0.971 bits per heavy atom. The van der Waals surface area contributed by atoms with E-state index in [1.165, 1.54) is 20.3 Å². The van der Waals surface area contributed by atoms with Gasteiger partial charge in [-0.3, -0.25) is 4.79 Å². The maximum Gasteiger partial charge on any atom is 0.416 e. The first kappa shape index (κ1) is 23.5. The van der Waals surface area contributed by atoms with Crippen LogP contribution >= 0.6 is 0 Å². The van der Waals surface area contributed by atoms with Crippen molar-refractivity contribution in [2.24, 2.45) is 0 Å². The zero-order valence-corrected chi connectivity index (χ0v) is 18.8. The standard InChI is InChI=1S/C26H24F3NO4/c1-32-22-14-17-11-12-30(24(31)16-34-20-9-4-3-5-10-20)25(21(17)15-23(22)33-2)18-7-6-8-19(13-18)26(27,28)29/h3-10,13-15,25H,11-12,16H2,1-2H3/t25-/m0/s1. The van der Waals surface area contributed by atoms with E-state index in [1.807, 2.05) is 12.1 Å². The Balaban J connectivity index is 1.75. The molecule has 0 radical (unpaired) electrons. The van der Waals surface area contributed by atoms with Crippen molar-refractivity contribution < 1.29 is 32.2 Å². The first-order valence-electron chi connectivity index (χ1n) is 10.7. The van der Waals surface area contributed by atoms with Crippen LogP contribution in [0.1, 0.15) is 28.3 Å². The second kappa shape index (κ2) is 9.67. The molecule has 5 nitrogen and oxygen atoms in total. The topological polar surface area (TPSA) is 48.0 Å². The molecule has 0 unspecified atom stereocenters. The second-order valence-electron chi connectivity index (χ2n) is 7.87. The van der Waals surface area contributed by atoms with Gasteiger partial charge in [0.05, 0.1) is 25.8 Å². The molecule has 0 fully saturated rings. The molecule has 1 heterocycles. The van der Waals surface area contributed by atoms with Crippen molar-refractivity contribution in [2.75, 3.05) is 27.4 Å². The number of nitrogens with zero attached hydrogens (tertiary/aromatic N) is 1. The molecule has 3 aromatic carbocycles. The van der Waals surface area contributed by atoms with Crippen LogP contribution in [0.4, 0.5) is 13.2 Å². The molecule has 1 amide bonds. The van der Waals surface area contributed by atoms with Crippen molar-refractivity contribution in [3.8, 4) is 17.2 Å². The summed E-state index contributed by atoms with van der Waals surface area (Å²) in [7, 11) is 3.01. The Labute approximate surface area is 195 Å². The molecule has 0 aromatic heterocycles. The van der Waals surface area contributed by atoms with Gasteiger partial charge in [0.1, 0.15) is 5.75 Å². The number of carbonyl (C=O) groups is 1. The van der Waals surface area contributed by atoms with Crippen LogP contribution in [0.2, 0.25) is 0 Å². The van der Waals surface area contributed by atoms with Gasteiger partial charge in [0.25, 0.3) is 5.91 Å². The fourth-order valence-electron chi connectivity index (χ4n) is 4.20. The highest BCUT2D eigenvalue weighted by atomic mass is 19.4. The Morgan fingerprint density at radius 3 is 2.35 bits per heavy atom. The second-order valence-corrected chi connectivity index (χ2v) is 7.87. The number of hydrogen-bond acceptors (Lipinski definition) is 4. The maximum atomic E-state index is 13.5. The summed E-state index contributed by atoms with van der Waals surface area (Å²) >= 11 is 0. The van der Waals surface area contributed by atoms with Gasteiger partial charge >= 0.3 is 6.18 Å². The van der Waals surface area contributed by atoms with Gasteiger partial charge in [-0.2, -0.15) is 13.2 Å². The Kier molecular flexibility index (Phi) is 6.68. The maximum absolute atomic E-state index is 13.5. The van der Waals surface area contributed by atoms with E-state index in [0.29, 0.717) is 41.3 Å². The molecule has 0 bridgehead atoms. The lowest BCUT2D eigenvalue weighted by Crippen LogP contribution is -2.43. The third-order valence-electron chi connectivity index (χ3n) is 5.83. The summed E-state index contributed by atoms with van der Waals surface area (Å²) in [5, 5.41) is 0. The van der Waals surface area contributed by atoms with Gasteiger partial charge in [-0.05, 0) is 59.5 Å². The molecule has 3 aromatic rings. The Hall–Kier alpha value is -3.68. The van der Waals surface area contributed by atoms with Gasteiger partial charge in [0.15, 0.2) is 18.1 Å². The van der Waals surface area contributed by atoms with E-state index in [4.69, 9.17) is 14.2 Å². The van der Waals surface area contributed by atoms with Gasteiger partial charge < -0.3 is 19.1 Å². The lowest BCUT2D eigenvalue weighted by atomic mass is 9.87. The summed E-state index contributed by atoms with van der Waals surface area (Å²) in [6, 6.07) is 16.8. The lowest BCUT2D eigenvalue weighted by molar-refractivity contribution is -0.137. The predicted octanol–water partition coefficient (Wildman–Crippen LogP) is 5.28. The number of methoxy groups -OCH3 is 2. The van der Waals surface area contributed by atoms with Crippen molar-refractivity contribution in [2.45, 2.75) is 18.6 Å². The van der Waals surface area contributed by atoms with Crippen LogP contribution in [0.25, 0.3) is 0 Å². The van der Waals surface area contributed by atoms with Gasteiger partial charge in [0.2, 0.25) is 0 Å². The third kappa shape index (κ3) is 4.81. The summed E-state index contributed by atoms with van der Waals surface area (Å²) in [6.07, 6.45) is -3.99. The van der Waals surface area contributed by atoms with Crippen LogP contribution in [0, 0.1) is 0 Å². The largest absolute Gasteiger partial charge is 0.493 e. The SMILES string of the molecule is COc1cc2c(cc1OC)[C@H](c1cccc(C(F)(F)F)c1)N(C(=O)COc1ccccc1)CC2. The smallest absolute Gasteiger partial charge is 0.416 e. The van der Waals surface area contributed by atoms with Crippen LogP contribution < -0.4 is 14.2 Å². The number of para-hydroxylation sites is 1. The molecule has 4 rings (SSSR count). The molecule has 1 aliphatic rings. The lowest BCUT2D eigenvalue weighted by Gasteiger charge is -2.38. The Morgan fingerprint density at radius 2 is 1.68 bits per heavy atom. The molecule has 0 aliphatic carbocycles. The minimum absolute atomic E-state index is 0.234. The number of rotatable bonds is 6. The van der Waals surface area contributed by atoms with Gasteiger partial charge in [-0.1, -0.05) is 30.3 Å². The third-order valence-corrected chi connectivity index (χ3v) is 5.83. The summed E-state index contributed by atoms with van der Waals surface area (Å²) in [5.41, 5.74) is 1.16. The van der Waals surface area contributed by atoms with Gasteiger partial charge in [-0.25, -0.2) is 0 Å². The minimum Gasteiger partial charge on any atom is -0.493 e. The van der Waals surface area contributed by atoms with Crippen molar-refractivity contribution >= 4 is 5.91 Å². The van der Waals surface area contributed by atoms with Crippen LogP contribution in [-0.4, -0.2) is 38.2 Å². The van der Waals surface area contributed by atoms with E-state index in [1.54, 1.807) is 41.3 Å². The predicted molar refractivity (Wildman–Crippen MR) is 120 cm³/mol. The molecule has 0 saturated heterocycles. The van der Waals surface area contributed by atoms with Crippen molar-refractivity contribution in [1.29, 1.82) is 0 Å². The van der Waals surface area contributed by atoms with Crippen LogP contribution in [0.5, 0.6) is 17.2 Å². The zero-order valence-electron chi connectivity index (χ0n) is 18.8. The molecule has 1 aliphatic heterocycles. The summed E-state index contributed by atoms with van der Waals surface area (Å²) in [6.45, 7) is 0.0858. The highest BCUT2D eigenvalue weighted by Gasteiger charge is 2.36. The summed E-state index contributed by atoms with van der Waals surface area (Å²) < 4.78 is 56.9. The highest BCUT2D eigenvalue weighted by Crippen LogP contribution is 2.42. The number of amides is 1. The number of halogens is 3. The minimum atomic E-state index is -4.50. The molecule has 34 heavy (non-hydrogen) atoms. The molecule has 8 heteroatoms. The molecular formula is C26H24F3NO4. The van der Waals surface area contributed by atoms with E-state index in [9.17, 15) is 18.0 Å². The molecule has 1 atom stereocenters. The monoisotopic (exact) mass is 471 g/mol. The molecular weight excluding hydrogens is 447 g/mol. The Bertz CT molecular complexity index is 1160. The normalized spacial score (nSPS) is 15.4. The molecule has 178 valence electrons. The van der Waals surface area contributed by atoms with Gasteiger partial charge in [0, 0.05) is 6.54 Å². The number of alkyl halides is 3. The van der Waals surface area contributed by atoms with Crippen molar-refractivity contribution in [3.63, 3.8) is 0 Å². The van der Waals surface area contributed by atoms with E-state index in [2.05, 4.69) is 0 Å². The first-order valence-corrected chi connectivity index (χ1v) is 10.7. The fraction of sp³-hybridized carbons (Fsp3) is 0.269. The first-order chi connectivity index (χ1) is 16.3. The van der Waals surface area contributed by atoms with Crippen LogP contribution in [-0.2, 0) is 17.4 Å². The van der Waals surface area contributed by atoms with E-state index < -0.39 is 17.8 Å². The fourth-order valence-corrected chi connectivity index (χ4v) is 4.20. The summed E-state index contributed by atoms with van der Waals surface area (Å²) in [4.78, 5) is 14.8. The number of ether oxygens (including phenoxy) is 3. The number of hydrogen-bond donors (Lipinski definition) is 0. The average molecular weight is 471 g/mol. The number of carbonyl (C=O) groups excluding carboxylic acids is 1. The highest BCUT2D eigenvalue weighted by molar-refractivity contribution is 5.79. The molecule has 0 saturated carbocycles. The quantitative estimate of drug-likeness (QED) is 0.491. The number of fused-ring (bicyclic) bond motifs is 1. The van der Waals surface area contributed by atoms with E-state index >= 15 is 0 Å². The molecule has 0 N–H and O–H groups in total. The van der Waals surface area contributed by atoms with Crippen molar-refractivity contribution in [1.82, 2.24) is 4.90 Å². The van der Waals surface area contributed by atoms with E-state index in [0.717, 1.165) is 17.7 Å². The molecule has 0 spiro atoms. The van der Waals surface area contributed by atoms with E-state index in [-0.39, 0.29) is 12.5 Å². The zero-order chi connectivity index (χ0) is 24.3. The van der Waals surface area contributed by atoms with Crippen LogP contribution in [0.15, 0.2) is 66.7 Å². The summed E-state index contributed by atoms with van der Waals surface area (Å²) in [5.74, 6) is 1.17. The average Bonchev–Trinajstić information content (AvgIpc) is 2.85. The number of benzene rings is 3. The van der Waals surface area contributed by atoms with Gasteiger partial charge in [-0.15, -0.1) is 0 Å².